The topological polar surface area (TPSA) is 46.5 Å². The van der Waals surface area contributed by atoms with Gasteiger partial charge in [-0.25, -0.2) is 0 Å². The normalized spacial score (nSPS) is 15.5. The third-order valence-corrected chi connectivity index (χ3v) is 2.67. The minimum atomic E-state index is -0.922. The number of ether oxygens (including phenoxy) is 1. The molecule has 0 spiro atoms. The smallest absolute Gasteiger partial charge is 0.314 e. The molecular weight excluding hydrogens is 307 g/mol. The van der Waals surface area contributed by atoms with E-state index in [1.54, 1.807) is 26.8 Å². The van der Waals surface area contributed by atoms with Gasteiger partial charge in [-0.15, -0.1) is 0 Å². The molecule has 0 aliphatic heterocycles. The quantitative estimate of drug-likeness (QED) is 0.491. The fourth-order valence-electron chi connectivity index (χ4n) is 1.22. The van der Waals surface area contributed by atoms with Gasteiger partial charge in [0.25, 0.3) is 0 Å². The lowest BCUT2D eigenvalue weighted by atomic mass is 9.83. The molecule has 0 aromatic carbocycles. The summed E-state index contributed by atoms with van der Waals surface area (Å²) in [7, 11) is 1.32. The molecule has 0 aromatic rings. The van der Waals surface area contributed by atoms with Crippen molar-refractivity contribution in [3.63, 3.8) is 0 Å². The van der Waals surface area contributed by atoms with Crippen LogP contribution in [0.4, 0.5) is 0 Å². The van der Waals surface area contributed by atoms with Crippen LogP contribution in [0.15, 0.2) is 21.8 Å². The molecule has 0 fully saturated rings. The van der Waals surface area contributed by atoms with Crippen molar-refractivity contribution in [2.45, 2.75) is 26.9 Å². The van der Waals surface area contributed by atoms with Gasteiger partial charge in [0.15, 0.2) is 0 Å². The molecule has 0 radical (unpaired) electrons. The maximum Gasteiger partial charge on any atom is 0.314 e. The van der Waals surface area contributed by atoms with Gasteiger partial charge < -0.3 is 9.84 Å². The number of carbonyl (C=O) groups is 1. The van der Waals surface area contributed by atoms with Gasteiger partial charge in [-0.3, -0.25) is 4.79 Å². The number of esters is 1. The van der Waals surface area contributed by atoms with Crippen LogP contribution >= 0.6 is 22.6 Å². The van der Waals surface area contributed by atoms with Crippen molar-refractivity contribution < 1.29 is 14.6 Å². The average Bonchev–Trinajstić information content (AvgIpc) is 2.23. The first kappa shape index (κ1) is 14.6. The van der Waals surface area contributed by atoms with E-state index in [0.717, 1.165) is 5.57 Å². The fourth-order valence-corrected chi connectivity index (χ4v) is 1.43. The van der Waals surface area contributed by atoms with Gasteiger partial charge in [-0.1, -0.05) is 34.7 Å². The summed E-state index contributed by atoms with van der Waals surface area (Å²) in [5, 5.41) is 9.97. The Bertz CT molecular complexity index is 280. The molecule has 0 saturated heterocycles. The lowest BCUT2D eigenvalue weighted by Gasteiger charge is -2.28. The predicted molar refractivity (Wildman–Crippen MR) is 68.7 cm³/mol. The number of hydrogen-bond acceptors (Lipinski definition) is 3. The van der Waals surface area contributed by atoms with Crippen LogP contribution in [0.5, 0.6) is 0 Å². The molecule has 1 N–H and O–H groups in total. The lowest BCUT2D eigenvalue weighted by molar-refractivity contribution is -0.155. The molecule has 0 saturated carbocycles. The van der Waals surface area contributed by atoms with E-state index in [2.05, 4.69) is 27.3 Å². The van der Waals surface area contributed by atoms with E-state index in [1.165, 1.54) is 7.11 Å². The second kappa shape index (κ2) is 6.27. The molecule has 4 heteroatoms. The fraction of sp³-hybridized carbons (Fsp3) is 0.545. The number of hydrogen-bond donors (Lipinski definition) is 1. The van der Waals surface area contributed by atoms with Crippen LogP contribution in [0.3, 0.4) is 0 Å². The summed E-state index contributed by atoms with van der Waals surface area (Å²) in [5.41, 5.74) is -0.188. The third-order valence-electron chi connectivity index (χ3n) is 2.26. The zero-order valence-electron chi connectivity index (χ0n) is 9.45. The van der Waals surface area contributed by atoms with E-state index >= 15 is 0 Å². The van der Waals surface area contributed by atoms with Gasteiger partial charge in [0.1, 0.15) is 0 Å². The maximum absolute atomic E-state index is 11.4. The number of aliphatic hydroxyl groups is 1. The average molecular weight is 324 g/mol. The molecule has 0 aliphatic rings. The molecular formula is C11H17IO3. The Labute approximate surface area is 104 Å². The molecule has 86 valence electrons. The molecule has 0 aliphatic carbocycles. The van der Waals surface area contributed by atoms with E-state index in [0.29, 0.717) is 0 Å². The second-order valence-electron chi connectivity index (χ2n) is 3.84. The van der Waals surface area contributed by atoms with Gasteiger partial charge in [-0.2, -0.15) is 0 Å². The van der Waals surface area contributed by atoms with Gasteiger partial charge in [0, 0.05) is 0 Å². The van der Waals surface area contributed by atoms with Gasteiger partial charge in [0.2, 0.25) is 0 Å². The Balaban J connectivity index is 4.83. The minimum absolute atomic E-state index is 0.416. The summed E-state index contributed by atoms with van der Waals surface area (Å²) in [6, 6.07) is 0. The van der Waals surface area contributed by atoms with Crippen LogP contribution in [-0.4, -0.2) is 24.3 Å². The molecule has 0 rings (SSSR count). The molecule has 0 unspecified atom stereocenters. The lowest BCUT2D eigenvalue weighted by Crippen LogP contribution is -2.38. The number of rotatable bonds is 4. The minimum Gasteiger partial charge on any atom is -0.469 e. The first-order chi connectivity index (χ1) is 6.87. The standard InChI is InChI=1S/C11H17IO3/c1-8(6-5-7-12)9(13)11(2,3)10(14)15-4/h5-7,9,13H,1-4H3/b7-5+,8-6+/t9-/m1/s1. The number of aliphatic hydroxyl groups excluding tert-OH is 1. The van der Waals surface area contributed by atoms with Crippen molar-refractivity contribution in [1.82, 2.24) is 0 Å². The molecule has 0 bridgehead atoms. The van der Waals surface area contributed by atoms with Gasteiger partial charge in [0.05, 0.1) is 18.6 Å². The zero-order chi connectivity index (χ0) is 12.1. The Hall–Kier alpha value is -0.360. The van der Waals surface area contributed by atoms with Crippen molar-refractivity contribution in [1.29, 1.82) is 0 Å². The number of methoxy groups -OCH3 is 1. The Morgan fingerprint density at radius 3 is 2.47 bits per heavy atom. The zero-order valence-corrected chi connectivity index (χ0v) is 11.6. The predicted octanol–water partition coefficient (Wildman–Crippen LogP) is 2.44. The highest BCUT2D eigenvalue weighted by Crippen LogP contribution is 2.27. The SMILES string of the molecule is COC(=O)C(C)(C)[C@H](O)/C(C)=C/C=C/I. The van der Waals surface area contributed by atoms with Gasteiger partial charge >= 0.3 is 5.97 Å². The van der Waals surface area contributed by atoms with Crippen LogP contribution in [-0.2, 0) is 9.53 Å². The molecule has 15 heavy (non-hydrogen) atoms. The molecule has 0 amide bonds. The van der Waals surface area contributed by atoms with Crippen LogP contribution in [0, 0.1) is 5.41 Å². The molecule has 0 aromatic heterocycles. The van der Waals surface area contributed by atoms with Crippen molar-refractivity contribution >= 4 is 28.6 Å². The number of halogens is 1. The van der Waals surface area contributed by atoms with E-state index in [4.69, 9.17) is 0 Å². The first-order valence-corrected chi connectivity index (χ1v) is 5.82. The first-order valence-electron chi connectivity index (χ1n) is 4.58. The highest BCUT2D eigenvalue weighted by Gasteiger charge is 2.37. The summed E-state index contributed by atoms with van der Waals surface area (Å²) in [4.78, 5) is 11.4. The van der Waals surface area contributed by atoms with E-state index in [1.807, 2.05) is 10.2 Å². The van der Waals surface area contributed by atoms with E-state index in [9.17, 15) is 9.90 Å². The van der Waals surface area contributed by atoms with Crippen LogP contribution in [0.2, 0.25) is 0 Å². The van der Waals surface area contributed by atoms with Crippen LogP contribution in [0.1, 0.15) is 20.8 Å². The van der Waals surface area contributed by atoms with Crippen LogP contribution in [0.25, 0.3) is 0 Å². The largest absolute Gasteiger partial charge is 0.469 e. The molecule has 3 nitrogen and oxygen atoms in total. The van der Waals surface area contributed by atoms with Crippen molar-refractivity contribution in [2.24, 2.45) is 5.41 Å². The Morgan fingerprint density at radius 2 is 2.07 bits per heavy atom. The molecule has 1 atom stereocenters. The molecule has 0 heterocycles. The number of allylic oxidation sites excluding steroid dienone is 2. The summed E-state index contributed by atoms with van der Waals surface area (Å²) >= 11 is 2.09. The highest BCUT2D eigenvalue weighted by molar-refractivity contribution is 14.1. The highest BCUT2D eigenvalue weighted by atomic mass is 127. The van der Waals surface area contributed by atoms with Gasteiger partial charge in [-0.05, 0) is 30.4 Å². The summed E-state index contributed by atoms with van der Waals surface area (Å²) in [6.45, 7) is 5.11. The maximum atomic E-state index is 11.4. The van der Waals surface area contributed by atoms with Crippen molar-refractivity contribution in [2.75, 3.05) is 7.11 Å². The summed E-state index contributed by atoms with van der Waals surface area (Å²) in [5.74, 6) is -0.416. The number of carbonyl (C=O) groups excluding carboxylic acids is 1. The monoisotopic (exact) mass is 324 g/mol. The Morgan fingerprint density at radius 1 is 1.53 bits per heavy atom. The van der Waals surface area contributed by atoms with E-state index < -0.39 is 17.5 Å². The third kappa shape index (κ3) is 3.95. The second-order valence-corrected chi connectivity index (χ2v) is 4.56. The Kier molecular flexibility index (Phi) is 6.12. The summed E-state index contributed by atoms with van der Waals surface area (Å²) < 4.78 is 6.48. The van der Waals surface area contributed by atoms with Crippen LogP contribution < -0.4 is 0 Å². The van der Waals surface area contributed by atoms with Crippen molar-refractivity contribution in [3.05, 3.63) is 21.8 Å². The van der Waals surface area contributed by atoms with E-state index in [-0.39, 0.29) is 0 Å². The van der Waals surface area contributed by atoms with Crippen molar-refractivity contribution in [3.8, 4) is 0 Å². The summed E-state index contributed by atoms with van der Waals surface area (Å²) in [6.07, 6.45) is 2.76.